The van der Waals surface area contributed by atoms with Crippen LogP contribution < -0.4 is 19.5 Å². The van der Waals surface area contributed by atoms with Crippen LogP contribution in [0, 0.1) is 5.82 Å². The summed E-state index contributed by atoms with van der Waals surface area (Å²) in [5.74, 6) is 1.18. The highest BCUT2D eigenvalue weighted by Crippen LogP contribution is 2.37. The number of benzene rings is 2. The first-order valence-electron chi connectivity index (χ1n) is 15.0. The third kappa shape index (κ3) is 7.10. The molecule has 3 heterocycles. The summed E-state index contributed by atoms with van der Waals surface area (Å²) in [7, 11) is 1.57. The maximum atomic E-state index is 15.4. The van der Waals surface area contributed by atoms with Crippen LogP contribution in [0.5, 0.6) is 22.4 Å². The minimum Gasteiger partial charge on any atom is -0.493 e. The number of amides is 1. The highest BCUT2D eigenvalue weighted by atomic mass is 32.1. The first-order chi connectivity index (χ1) is 22.4. The minimum absolute atomic E-state index is 0.0810. The van der Waals surface area contributed by atoms with Crippen molar-refractivity contribution in [3.63, 3.8) is 0 Å². The van der Waals surface area contributed by atoms with E-state index in [9.17, 15) is 4.79 Å². The molecule has 0 spiro atoms. The van der Waals surface area contributed by atoms with Gasteiger partial charge in [0.25, 0.3) is 5.19 Å². The van der Waals surface area contributed by atoms with Crippen molar-refractivity contribution >= 4 is 45.2 Å². The Balaban J connectivity index is 1.17. The summed E-state index contributed by atoms with van der Waals surface area (Å²) in [4.78, 5) is 27.1. The van der Waals surface area contributed by atoms with Gasteiger partial charge in [0.15, 0.2) is 11.5 Å². The molecule has 46 heavy (non-hydrogen) atoms. The fourth-order valence-electron chi connectivity index (χ4n) is 5.31. The molecule has 236 valence electrons. The Kier molecular flexibility index (Phi) is 9.39. The van der Waals surface area contributed by atoms with Crippen molar-refractivity contribution in [3.05, 3.63) is 96.1 Å². The molecule has 0 atom stereocenters. The molecule has 2 aromatic heterocycles. The molecule has 1 N–H and O–H groups in total. The molecule has 0 unspecified atom stereocenters. The summed E-state index contributed by atoms with van der Waals surface area (Å²) in [6, 6.07) is 8.15. The number of methoxy groups -OCH3 is 1. The normalized spacial score (nSPS) is 18.4. The molecular formula is C35H34FN5O4S. The van der Waals surface area contributed by atoms with Crippen LogP contribution >= 0.6 is 11.3 Å². The van der Waals surface area contributed by atoms with Crippen LogP contribution in [0.15, 0.2) is 84.6 Å². The maximum absolute atomic E-state index is 15.4. The summed E-state index contributed by atoms with van der Waals surface area (Å²) in [6.07, 6.45) is 14.4. The molecule has 1 amide bonds. The van der Waals surface area contributed by atoms with Gasteiger partial charge in [-0.05, 0) is 44.0 Å². The average molecular weight is 640 g/mol. The quantitative estimate of drug-likeness (QED) is 0.184. The van der Waals surface area contributed by atoms with Gasteiger partial charge in [-0.2, -0.15) is 0 Å². The fourth-order valence-corrected chi connectivity index (χ4v) is 6.00. The molecule has 1 fully saturated rings. The Hall–Kier alpha value is -5.03. The van der Waals surface area contributed by atoms with E-state index in [1.807, 2.05) is 5.38 Å². The van der Waals surface area contributed by atoms with Crippen LogP contribution in [0.2, 0.25) is 0 Å². The summed E-state index contributed by atoms with van der Waals surface area (Å²) in [6.45, 7) is 6.85. The standard InChI is InChI=1S/C35H34FN5O4S/c1-4-33(42)41-15-13-24(14-16-41)44-32-18-26-29(19-31(32)43-3)37-21-38-34(26)39-28-12-11-25(17-27(28)36)45-35-40-30(20-46-35)23-8-6-5-7-22(2)9-10-23/h4,6,8-12,17-21,24H,1,5,7,13-16H2,2-3H3,(H,37,38,39)/b8-6-,22-9-,23-10+. The second kappa shape index (κ2) is 13.9. The molecule has 11 heteroatoms. The van der Waals surface area contributed by atoms with Gasteiger partial charge in [0.2, 0.25) is 5.91 Å². The summed E-state index contributed by atoms with van der Waals surface area (Å²) >= 11 is 1.36. The topological polar surface area (TPSA) is 98.7 Å². The van der Waals surface area contributed by atoms with E-state index in [0.29, 0.717) is 65.1 Å². The zero-order chi connectivity index (χ0) is 32.0. The number of carbonyl (C=O) groups is 1. The molecule has 0 bridgehead atoms. The smallest absolute Gasteiger partial charge is 0.279 e. The lowest BCUT2D eigenvalue weighted by molar-refractivity contribution is -0.127. The Morgan fingerprint density at radius 1 is 1.15 bits per heavy atom. The number of nitrogens with zero attached hydrogens (tertiary/aromatic N) is 4. The van der Waals surface area contributed by atoms with E-state index < -0.39 is 5.82 Å². The van der Waals surface area contributed by atoms with Crippen LogP contribution in [0.25, 0.3) is 16.5 Å². The van der Waals surface area contributed by atoms with Gasteiger partial charge in [0.1, 0.15) is 29.8 Å². The van der Waals surface area contributed by atoms with Crippen molar-refractivity contribution in [2.24, 2.45) is 0 Å². The SMILES string of the molecule is C=CC(=O)N1CCC(Oc2cc3c(Nc4ccc(Oc5nc(C6=C/C=C(/C)CC/C=C\6)cs5)cc4F)ncnc3cc2OC)CC1. The number of rotatable bonds is 9. The molecule has 6 rings (SSSR count). The highest BCUT2D eigenvalue weighted by Gasteiger charge is 2.24. The molecule has 0 radical (unpaired) electrons. The van der Waals surface area contributed by atoms with E-state index in [-0.39, 0.29) is 17.7 Å². The number of allylic oxidation sites excluding steroid dienone is 6. The van der Waals surface area contributed by atoms with Crippen molar-refractivity contribution in [3.8, 4) is 22.4 Å². The maximum Gasteiger partial charge on any atom is 0.279 e. The van der Waals surface area contributed by atoms with E-state index in [4.69, 9.17) is 14.2 Å². The minimum atomic E-state index is -0.516. The fraction of sp³-hybridized carbons (Fsp3) is 0.257. The van der Waals surface area contributed by atoms with Gasteiger partial charge in [-0.3, -0.25) is 4.79 Å². The predicted molar refractivity (Wildman–Crippen MR) is 178 cm³/mol. The number of aromatic nitrogens is 3. The monoisotopic (exact) mass is 639 g/mol. The molecule has 1 aliphatic heterocycles. The summed E-state index contributed by atoms with van der Waals surface area (Å²) < 4.78 is 33.2. The Labute approximate surface area is 270 Å². The number of ether oxygens (including phenoxy) is 3. The first-order valence-corrected chi connectivity index (χ1v) is 15.9. The molecule has 2 aliphatic rings. The number of nitrogens with one attached hydrogen (secondary N) is 1. The number of thiazole rings is 1. The molecule has 0 saturated carbocycles. The third-order valence-corrected chi connectivity index (χ3v) is 8.59. The van der Waals surface area contributed by atoms with Gasteiger partial charge in [0, 0.05) is 54.4 Å². The number of carbonyl (C=O) groups excluding carboxylic acids is 1. The van der Waals surface area contributed by atoms with Crippen molar-refractivity contribution in [2.45, 2.75) is 38.7 Å². The van der Waals surface area contributed by atoms with Crippen molar-refractivity contribution in [1.29, 1.82) is 0 Å². The molecule has 1 saturated heterocycles. The highest BCUT2D eigenvalue weighted by molar-refractivity contribution is 7.11. The van der Waals surface area contributed by atoms with Gasteiger partial charge in [0.05, 0.1) is 24.0 Å². The number of anilines is 2. The molecular weight excluding hydrogens is 605 g/mol. The number of piperidine rings is 1. The van der Waals surface area contributed by atoms with E-state index in [1.54, 1.807) is 36.3 Å². The van der Waals surface area contributed by atoms with E-state index in [1.165, 1.54) is 35.4 Å². The van der Waals surface area contributed by atoms with Gasteiger partial charge >= 0.3 is 0 Å². The van der Waals surface area contributed by atoms with Crippen molar-refractivity contribution in [1.82, 2.24) is 19.9 Å². The van der Waals surface area contributed by atoms with Crippen LogP contribution in [0.1, 0.15) is 38.3 Å². The Morgan fingerprint density at radius 2 is 2.00 bits per heavy atom. The predicted octanol–water partition coefficient (Wildman–Crippen LogP) is 8.01. The summed E-state index contributed by atoms with van der Waals surface area (Å²) in [5, 5.41) is 6.09. The number of hydrogen-bond donors (Lipinski definition) is 1. The summed E-state index contributed by atoms with van der Waals surface area (Å²) in [5.41, 5.74) is 3.95. The second-order valence-electron chi connectivity index (χ2n) is 11.0. The van der Waals surface area contributed by atoms with E-state index in [0.717, 1.165) is 24.1 Å². The van der Waals surface area contributed by atoms with Gasteiger partial charge in [-0.15, -0.1) is 0 Å². The average Bonchev–Trinajstić information content (AvgIpc) is 3.52. The zero-order valence-electron chi connectivity index (χ0n) is 25.7. The van der Waals surface area contributed by atoms with Crippen LogP contribution in [0.3, 0.4) is 0 Å². The molecule has 9 nitrogen and oxygen atoms in total. The van der Waals surface area contributed by atoms with E-state index in [2.05, 4.69) is 58.1 Å². The lowest BCUT2D eigenvalue weighted by Crippen LogP contribution is -2.41. The number of fused-ring (bicyclic) bond motifs is 1. The lowest BCUT2D eigenvalue weighted by Gasteiger charge is -2.31. The van der Waals surface area contributed by atoms with Crippen molar-refractivity contribution < 1.29 is 23.4 Å². The van der Waals surface area contributed by atoms with Gasteiger partial charge < -0.3 is 24.4 Å². The van der Waals surface area contributed by atoms with Gasteiger partial charge in [-0.25, -0.2) is 19.3 Å². The molecule has 4 aromatic rings. The number of halogens is 1. The van der Waals surface area contributed by atoms with Crippen LogP contribution in [0.4, 0.5) is 15.9 Å². The van der Waals surface area contributed by atoms with E-state index >= 15 is 4.39 Å². The number of likely N-dealkylation sites (tertiary alicyclic amines) is 1. The second-order valence-corrected chi connectivity index (χ2v) is 11.9. The van der Waals surface area contributed by atoms with Gasteiger partial charge in [-0.1, -0.05) is 47.8 Å². The molecule has 2 aromatic carbocycles. The Morgan fingerprint density at radius 3 is 2.78 bits per heavy atom. The van der Waals surface area contributed by atoms with Crippen molar-refractivity contribution in [2.75, 3.05) is 25.5 Å². The first kappa shape index (κ1) is 31.0. The third-order valence-electron chi connectivity index (χ3n) is 7.87. The lowest BCUT2D eigenvalue weighted by atomic mass is 10.0. The number of hydrogen-bond acceptors (Lipinski definition) is 9. The zero-order valence-corrected chi connectivity index (χ0v) is 26.5. The van der Waals surface area contributed by atoms with Crippen LogP contribution in [-0.4, -0.2) is 52.1 Å². The largest absolute Gasteiger partial charge is 0.493 e. The Bertz CT molecular complexity index is 1860. The van der Waals surface area contributed by atoms with Crippen LogP contribution in [-0.2, 0) is 4.79 Å². The molecule has 1 aliphatic carbocycles.